The van der Waals surface area contributed by atoms with Gasteiger partial charge in [-0.2, -0.15) is 8.42 Å². The predicted octanol–water partition coefficient (Wildman–Crippen LogP) is 3.39. The molecule has 2 aromatic carbocycles. The Morgan fingerprint density at radius 1 is 1.07 bits per heavy atom. The molecule has 30 heavy (non-hydrogen) atoms. The van der Waals surface area contributed by atoms with Crippen LogP contribution in [0.5, 0.6) is 5.75 Å². The Kier molecular flexibility index (Phi) is 7.31. The number of rotatable bonds is 3. The lowest BCUT2D eigenvalue weighted by Gasteiger charge is -2.35. The molecule has 2 aliphatic rings. The van der Waals surface area contributed by atoms with Crippen LogP contribution in [0.3, 0.4) is 0 Å². The number of ether oxygens (including phenoxy) is 1. The van der Waals surface area contributed by atoms with Crippen molar-refractivity contribution < 1.29 is 17.7 Å². The van der Waals surface area contributed by atoms with E-state index >= 15 is 0 Å². The normalized spacial score (nSPS) is 21.0. The maximum absolute atomic E-state index is 10.5. The molecule has 6 nitrogen and oxygen atoms in total. The van der Waals surface area contributed by atoms with Gasteiger partial charge in [-0.05, 0) is 49.6 Å². The van der Waals surface area contributed by atoms with Gasteiger partial charge in [0.15, 0.2) is 0 Å². The van der Waals surface area contributed by atoms with Gasteiger partial charge in [-0.1, -0.05) is 35.9 Å². The average molecular weight is 431 g/mol. The third-order valence-electron chi connectivity index (χ3n) is 5.63. The Morgan fingerprint density at radius 2 is 1.80 bits per heavy atom. The van der Waals surface area contributed by atoms with Gasteiger partial charge in [-0.3, -0.25) is 4.55 Å². The third kappa shape index (κ3) is 5.29. The van der Waals surface area contributed by atoms with Crippen molar-refractivity contribution in [3.05, 3.63) is 65.2 Å². The van der Waals surface area contributed by atoms with Crippen molar-refractivity contribution in [3.63, 3.8) is 0 Å². The minimum atomic E-state index is -4.02. The Labute approximate surface area is 179 Å². The molecule has 0 aromatic heterocycles. The summed E-state index contributed by atoms with van der Waals surface area (Å²) < 4.78 is 35.1. The number of fused-ring (bicyclic) bond motifs is 1. The van der Waals surface area contributed by atoms with Crippen LogP contribution in [0.1, 0.15) is 36.0 Å². The molecule has 0 amide bonds. The van der Waals surface area contributed by atoms with Gasteiger partial charge < -0.3 is 15.4 Å². The van der Waals surface area contributed by atoms with Crippen molar-refractivity contribution in [3.8, 4) is 5.75 Å². The summed E-state index contributed by atoms with van der Waals surface area (Å²) >= 11 is 0. The number of nitrogens with one attached hydrogen (secondary N) is 2. The zero-order valence-electron chi connectivity index (χ0n) is 17.7. The lowest BCUT2D eigenvalue weighted by molar-refractivity contribution is 0.362. The van der Waals surface area contributed by atoms with Crippen molar-refractivity contribution in [2.75, 3.05) is 26.7 Å². The first kappa shape index (κ1) is 22.5. The van der Waals surface area contributed by atoms with E-state index in [0.29, 0.717) is 12.0 Å². The number of benzene rings is 2. The van der Waals surface area contributed by atoms with Gasteiger partial charge >= 0.3 is 0 Å². The van der Waals surface area contributed by atoms with Crippen molar-refractivity contribution in [1.82, 2.24) is 10.6 Å². The Balaban J connectivity index is 0.000000199. The van der Waals surface area contributed by atoms with Crippen molar-refractivity contribution in [2.24, 2.45) is 0 Å². The zero-order valence-corrected chi connectivity index (χ0v) is 18.5. The van der Waals surface area contributed by atoms with Gasteiger partial charge in [-0.15, -0.1) is 0 Å². The van der Waals surface area contributed by atoms with Crippen molar-refractivity contribution >= 4 is 15.7 Å². The average Bonchev–Trinajstić information content (AvgIpc) is 2.74. The van der Waals surface area contributed by atoms with E-state index in [1.165, 1.54) is 28.8 Å². The highest BCUT2D eigenvalue weighted by atomic mass is 32.2. The lowest BCUT2D eigenvalue weighted by atomic mass is 9.78. The van der Waals surface area contributed by atoms with E-state index in [9.17, 15) is 8.42 Å². The van der Waals surface area contributed by atoms with E-state index in [4.69, 9.17) is 9.29 Å². The molecule has 0 bridgehead atoms. The quantitative estimate of drug-likeness (QED) is 0.647. The van der Waals surface area contributed by atoms with Crippen LogP contribution in [0.2, 0.25) is 0 Å². The van der Waals surface area contributed by atoms with E-state index in [0.717, 1.165) is 37.4 Å². The molecular weight excluding hydrogens is 400 g/mol. The third-order valence-corrected chi connectivity index (χ3v) is 6.50. The lowest BCUT2D eigenvalue weighted by Crippen LogP contribution is -2.51. The van der Waals surface area contributed by atoms with Crippen LogP contribution in [0, 0.1) is 6.92 Å². The van der Waals surface area contributed by atoms with Gasteiger partial charge in [0, 0.05) is 37.2 Å². The van der Waals surface area contributed by atoms with E-state index in [2.05, 4.69) is 41.8 Å². The van der Waals surface area contributed by atoms with E-state index in [1.807, 2.05) is 6.92 Å². The van der Waals surface area contributed by atoms with Crippen molar-refractivity contribution in [1.29, 1.82) is 0 Å². The number of hydrogen-bond donors (Lipinski definition) is 3. The summed E-state index contributed by atoms with van der Waals surface area (Å²) in [6.07, 6.45) is 3.47. The Hall–Kier alpha value is -2.19. The van der Waals surface area contributed by atoms with Crippen LogP contribution in [0.4, 0.5) is 0 Å². The highest BCUT2D eigenvalue weighted by molar-refractivity contribution is 7.85. The van der Waals surface area contributed by atoms with Crippen LogP contribution >= 0.6 is 0 Å². The zero-order chi connectivity index (χ0) is 21.7. The highest BCUT2D eigenvalue weighted by Crippen LogP contribution is 2.41. The molecule has 3 N–H and O–H groups in total. The second-order valence-electron chi connectivity index (χ2n) is 7.71. The number of methoxy groups -OCH3 is 1. The molecule has 2 unspecified atom stereocenters. The van der Waals surface area contributed by atoms with Crippen LogP contribution in [-0.4, -0.2) is 45.8 Å². The molecule has 0 spiro atoms. The molecule has 4 rings (SSSR count). The highest BCUT2D eigenvalue weighted by Gasteiger charge is 2.29. The van der Waals surface area contributed by atoms with Crippen LogP contribution in [0.15, 0.2) is 53.4 Å². The molecule has 1 fully saturated rings. The summed E-state index contributed by atoms with van der Waals surface area (Å²) in [5.74, 6) is 1.54. The van der Waals surface area contributed by atoms with Gasteiger partial charge in [0.05, 0.1) is 12.0 Å². The molecular formula is C23H30N2O4S. The monoisotopic (exact) mass is 430 g/mol. The summed E-state index contributed by atoms with van der Waals surface area (Å²) in [7, 11) is -2.26. The Morgan fingerprint density at radius 3 is 2.40 bits per heavy atom. The fourth-order valence-corrected chi connectivity index (χ4v) is 4.51. The molecule has 0 saturated carbocycles. The number of aryl methyl sites for hydroxylation is 1. The van der Waals surface area contributed by atoms with Crippen LogP contribution in [-0.2, 0) is 10.1 Å². The number of allylic oxidation sites excluding steroid dienone is 2. The fourth-order valence-electron chi connectivity index (χ4n) is 4.03. The first-order valence-corrected chi connectivity index (χ1v) is 11.6. The fraction of sp³-hybridized carbons (Fsp3) is 0.391. The van der Waals surface area contributed by atoms with E-state index < -0.39 is 10.1 Å². The van der Waals surface area contributed by atoms with E-state index in [-0.39, 0.29) is 4.90 Å². The topological polar surface area (TPSA) is 87.7 Å². The number of hydrogen-bond acceptors (Lipinski definition) is 5. The van der Waals surface area contributed by atoms with Crippen LogP contribution < -0.4 is 15.4 Å². The first-order chi connectivity index (χ1) is 14.3. The maximum Gasteiger partial charge on any atom is 0.294 e. The largest absolute Gasteiger partial charge is 0.496 e. The minimum absolute atomic E-state index is 0.0666. The summed E-state index contributed by atoms with van der Waals surface area (Å²) in [5, 5.41) is 7.14. The second-order valence-corrected chi connectivity index (χ2v) is 9.13. The molecule has 1 aliphatic carbocycles. The summed E-state index contributed by atoms with van der Waals surface area (Å²) in [4.78, 5) is -0.0666. The van der Waals surface area contributed by atoms with Crippen molar-refractivity contribution in [2.45, 2.75) is 37.1 Å². The standard InChI is InChI=1S/C16H22N2O.C7H8O3S/c1-11-6-7-12(14-10-17-8-9-18-14)13-4-3-5-15(19-2)16(11)13;1-6-2-4-7(5-3-6)11(8,9)10/h3-6,12,14,17-18H,7-10H2,1-2H3;2-5H,1H3,(H,8,9,10). The van der Waals surface area contributed by atoms with Gasteiger partial charge in [-0.25, -0.2) is 0 Å². The molecule has 1 heterocycles. The molecule has 1 aliphatic heterocycles. The summed E-state index contributed by atoms with van der Waals surface area (Å²) in [5.41, 5.74) is 5.03. The summed E-state index contributed by atoms with van der Waals surface area (Å²) in [6, 6.07) is 12.9. The van der Waals surface area contributed by atoms with E-state index in [1.54, 1.807) is 19.2 Å². The molecule has 7 heteroatoms. The smallest absolute Gasteiger partial charge is 0.294 e. The van der Waals surface area contributed by atoms with Gasteiger partial charge in [0.25, 0.3) is 10.1 Å². The Bertz CT molecular complexity index is 994. The number of piperazine rings is 1. The molecule has 2 aromatic rings. The first-order valence-electron chi connectivity index (χ1n) is 10.1. The molecule has 0 radical (unpaired) electrons. The molecule has 1 saturated heterocycles. The predicted molar refractivity (Wildman–Crippen MR) is 120 cm³/mol. The van der Waals surface area contributed by atoms with Gasteiger partial charge in [0.2, 0.25) is 0 Å². The minimum Gasteiger partial charge on any atom is -0.496 e. The second kappa shape index (κ2) is 9.75. The van der Waals surface area contributed by atoms with Gasteiger partial charge in [0.1, 0.15) is 5.75 Å². The maximum atomic E-state index is 10.5. The van der Waals surface area contributed by atoms with Crippen LogP contribution in [0.25, 0.3) is 5.57 Å². The molecule has 2 atom stereocenters. The SMILES string of the molecule is COc1cccc2c1C(C)=CCC2C1CNCCN1.Cc1ccc(S(=O)(=O)O)cc1. The molecule has 162 valence electrons. The summed E-state index contributed by atoms with van der Waals surface area (Å²) in [6.45, 7) is 7.21.